The van der Waals surface area contributed by atoms with Gasteiger partial charge in [0.2, 0.25) is 0 Å². The van der Waals surface area contributed by atoms with Crippen LogP contribution in [0.15, 0.2) is 36.7 Å². The van der Waals surface area contributed by atoms with Gasteiger partial charge in [0.15, 0.2) is 5.78 Å². The quantitative estimate of drug-likeness (QED) is 0.774. The van der Waals surface area contributed by atoms with Crippen molar-refractivity contribution in [2.24, 2.45) is 0 Å². The zero-order chi connectivity index (χ0) is 17.8. The van der Waals surface area contributed by atoms with Crippen LogP contribution < -0.4 is 0 Å². The van der Waals surface area contributed by atoms with Gasteiger partial charge in [-0.05, 0) is 24.3 Å². The Morgan fingerprint density at radius 2 is 1.19 bits per heavy atom. The third-order valence-corrected chi connectivity index (χ3v) is 4.55. The summed E-state index contributed by atoms with van der Waals surface area (Å²) < 4.78 is 21.5. The average Bonchev–Trinajstić information content (AvgIpc) is 2.74. The minimum absolute atomic E-state index is 0.0645. The molecule has 7 heteroatoms. The molecule has 0 aliphatic carbocycles. The largest absolute Gasteiger partial charge is 0.355 e. The predicted octanol–water partition coefficient (Wildman–Crippen LogP) is 1.88. The van der Waals surface area contributed by atoms with Crippen LogP contribution in [-0.2, 0) is 18.9 Å². The molecule has 0 saturated carbocycles. The lowest BCUT2D eigenvalue weighted by atomic mass is 9.91. The number of ketones is 1. The van der Waals surface area contributed by atoms with Crippen molar-refractivity contribution < 1.29 is 23.7 Å². The summed E-state index contributed by atoms with van der Waals surface area (Å²) in [5, 5.41) is 0. The summed E-state index contributed by atoms with van der Waals surface area (Å²) >= 11 is 0. The molecular weight excluding hydrogens is 336 g/mol. The molecule has 0 atom stereocenters. The van der Waals surface area contributed by atoms with E-state index in [2.05, 4.69) is 9.97 Å². The van der Waals surface area contributed by atoms with Crippen LogP contribution in [0, 0.1) is 0 Å². The fraction of sp³-hybridized carbons (Fsp3) is 0.421. The highest BCUT2D eigenvalue weighted by Gasteiger charge is 2.28. The van der Waals surface area contributed by atoms with E-state index in [1.807, 2.05) is 0 Å². The molecular formula is C19H20N2O5. The number of hydrogen-bond acceptors (Lipinski definition) is 7. The molecule has 0 N–H and O–H groups in total. The Kier molecular flexibility index (Phi) is 5.31. The van der Waals surface area contributed by atoms with E-state index in [0.717, 1.165) is 0 Å². The molecule has 7 nitrogen and oxygen atoms in total. The molecule has 26 heavy (non-hydrogen) atoms. The number of ether oxygens (including phenoxy) is 4. The van der Waals surface area contributed by atoms with Crippen LogP contribution in [0.5, 0.6) is 0 Å². The van der Waals surface area contributed by atoms with Gasteiger partial charge in [0, 0.05) is 35.4 Å². The zero-order valence-electron chi connectivity index (χ0n) is 14.3. The first-order chi connectivity index (χ1) is 12.8. The molecule has 0 unspecified atom stereocenters. The third kappa shape index (κ3) is 3.52. The van der Waals surface area contributed by atoms with Crippen molar-refractivity contribution in [2.45, 2.75) is 11.8 Å². The monoisotopic (exact) mass is 356 g/mol. The summed E-state index contributed by atoms with van der Waals surface area (Å²) in [6, 6.07) is 7.13. The zero-order valence-corrected chi connectivity index (χ0v) is 14.3. The van der Waals surface area contributed by atoms with Gasteiger partial charge < -0.3 is 18.9 Å². The van der Waals surface area contributed by atoms with Crippen molar-refractivity contribution in [3.05, 3.63) is 59.2 Å². The second-order valence-electron chi connectivity index (χ2n) is 6.31. The van der Waals surface area contributed by atoms with Crippen LogP contribution in [-0.4, -0.2) is 55.8 Å². The second kappa shape index (κ2) is 8.01. The summed E-state index contributed by atoms with van der Waals surface area (Å²) in [5.74, 6) is -0.233. The molecule has 0 radical (unpaired) electrons. The molecule has 0 spiro atoms. The minimum Gasteiger partial charge on any atom is -0.355 e. The number of carbonyl (C=O) groups is 1. The molecule has 4 heterocycles. The number of aromatic nitrogens is 2. The lowest BCUT2D eigenvalue weighted by molar-refractivity contribution is -0.108. The van der Waals surface area contributed by atoms with Gasteiger partial charge in [-0.3, -0.25) is 14.8 Å². The summed E-state index contributed by atoms with van der Waals surface area (Å²) in [4.78, 5) is 22.2. The van der Waals surface area contributed by atoms with Crippen LogP contribution in [0.4, 0.5) is 0 Å². The molecule has 2 saturated heterocycles. The van der Waals surface area contributed by atoms with E-state index in [0.29, 0.717) is 48.9 Å². The van der Waals surface area contributed by atoms with Gasteiger partial charge in [0.1, 0.15) is 13.6 Å². The van der Waals surface area contributed by atoms with Crippen molar-refractivity contribution in [3.8, 4) is 0 Å². The predicted molar refractivity (Wildman–Crippen MR) is 90.9 cm³/mol. The smallest absolute Gasteiger partial charge is 0.196 e. The Morgan fingerprint density at radius 1 is 0.769 bits per heavy atom. The van der Waals surface area contributed by atoms with E-state index in [-0.39, 0.29) is 31.2 Å². The summed E-state index contributed by atoms with van der Waals surface area (Å²) in [7, 11) is 0. The normalized spacial score (nSPS) is 19.4. The highest BCUT2D eigenvalue weighted by atomic mass is 16.7. The van der Waals surface area contributed by atoms with Gasteiger partial charge in [-0.15, -0.1) is 0 Å². The SMILES string of the molecule is O=C(c1cccnc1C1COCOC1)c1cccnc1C1COCOC1. The number of rotatable bonds is 4. The maximum absolute atomic E-state index is 13.3. The van der Waals surface area contributed by atoms with Gasteiger partial charge in [0.25, 0.3) is 0 Å². The van der Waals surface area contributed by atoms with Gasteiger partial charge in [-0.25, -0.2) is 0 Å². The Bertz CT molecular complexity index is 707. The van der Waals surface area contributed by atoms with Crippen LogP contribution >= 0.6 is 0 Å². The standard InChI is InChI=1S/C19H20N2O5/c22-19(15-3-1-5-20-17(15)13-7-23-11-24-8-13)16-4-2-6-21-18(16)14-9-25-12-26-10-14/h1-6,13-14H,7-12H2. The molecule has 136 valence electrons. The third-order valence-electron chi connectivity index (χ3n) is 4.55. The fourth-order valence-corrected chi connectivity index (χ4v) is 3.31. The highest BCUT2D eigenvalue weighted by Crippen LogP contribution is 2.27. The molecule has 2 fully saturated rings. The first kappa shape index (κ1) is 17.2. The molecule has 0 amide bonds. The Morgan fingerprint density at radius 3 is 1.62 bits per heavy atom. The van der Waals surface area contributed by atoms with Crippen LogP contribution in [0.25, 0.3) is 0 Å². The van der Waals surface area contributed by atoms with E-state index >= 15 is 0 Å². The fourth-order valence-electron chi connectivity index (χ4n) is 3.31. The summed E-state index contributed by atoms with van der Waals surface area (Å²) in [6.07, 6.45) is 3.38. The number of hydrogen-bond donors (Lipinski definition) is 0. The van der Waals surface area contributed by atoms with E-state index in [1.165, 1.54) is 0 Å². The number of nitrogens with zero attached hydrogens (tertiary/aromatic N) is 2. The molecule has 0 bridgehead atoms. The van der Waals surface area contributed by atoms with Gasteiger partial charge in [-0.1, -0.05) is 0 Å². The molecule has 4 rings (SSSR count). The molecule has 0 aromatic carbocycles. The Balaban J connectivity index is 1.68. The number of carbonyl (C=O) groups excluding carboxylic acids is 1. The minimum atomic E-state index is -0.104. The van der Waals surface area contributed by atoms with Crippen molar-refractivity contribution >= 4 is 5.78 Å². The lowest BCUT2D eigenvalue weighted by Crippen LogP contribution is -2.27. The van der Waals surface area contributed by atoms with Crippen molar-refractivity contribution in [2.75, 3.05) is 40.0 Å². The highest BCUT2D eigenvalue weighted by molar-refractivity contribution is 6.10. The van der Waals surface area contributed by atoms with E-state index in [1.54, 1.807) is 36.7 Å². The summed E-state index contributed by atoms with van der Waals surface area (Å²) in [6.45, 7) is 2.51. The van der Waals surface area contributed by atoms with Crippen molar-refractivity contribution in [1.82, 2.24) is 9.97 Å². The maximum Gasteiger partial charge on any atom is 0.196 e. The first-order valence-corrected chi connectivity index (χ1v) is 8.60. The Hall–Kier alpha value is -2.19. The Labute approximate surface area is 151 Å². The molecule has 2 aromatic heterocycles. The van der Waals surface area contributed by atoms with Gasteiger partial charge in [0.05, 0.1) is 37.8 Å². The van der Waals surface area contributed by atoms with E-state index < -0.39 is 0 Å². The van der Waals surface area contributed by atoms with Crippen LogP contribution in [0.2, 0.25) is 0 Å². The van der Waals surface area contributed by atoms with Crippen molar-refractivity contribution in [1.29, 1.82) is 0 Å². The second-order valence-corrected chi connectivity index (χ2v) is 6.31. The molecule has 2 aromatic rings. The molecule has 2 aliphatic rings. The van der Waals surface area contributed by atoms with Crippen LogP contribution in [0.1, 0.15) is 39.1 Å². The van der Waals surface area contributed by atoms with Gasteiger partial charge in [-0.2, -0.15) is 0 Å². The van der Waals surface area contributed by atoms with E-state index in [9.17, 15) is 4.79 Å². The number of pyridine rings is 2. The van der Waals surface area contributed by atoms with Crippen LogP contribution in [0.3, 0.4) is 0 Å². The topological polar surface area (TPSA) is 79.8 Å². The summed E-state index contributed by atoms with van der Waals surface area (Å²) in [5.41, 5.74) is 2.50. The van der Waals surface area contributed by atoms with Gasteiger partial charge >= 0.3 is 0 Å². The lowest BCUT2D eigenvalue weighted by Gasteiger charge is -2.25. The molecule has 2 aliphatic heterocycles. The maximum atomic E-state index is 13.3. The first-order valence-electron chi connectivity index (χ1n) is 8.60. The average molecular weight is 356 g/mol. The van der Waals surface area contributed by atoms with E-state index in [4.69, 9.17) is 18.9 Å². The van der Waals surface area contributed by atoms with Crippen molar-refractivity contribution in [3.63, 3.8) is 0 Å².